The van der Waals surface area contributed by atoms with Gasteiger partial charge < -0.3 is 15.8 Å². The van der Waals surface area contributed by atoms with E-state index in [-0.39, 0.29) is 30.9 Å². The van der Waals surface area contributed by atoms with Crippen LogP contribution in [0.4, 0.5) is 0 Å². The van der Waals surface area contributed by atoms with Gasteiger partial charge in [-0.2, -0.15) is 0 Å². The van der Waals surface area contributed by atoms with Crippen LogP contribution in [0.15, 0.2) is 0 Å². The molecule has 0 aromatic carbocycles. The molecule has 0 saturated carbocycles. The number of carbonyl (C=O) groups excluding carboxylic acids is 1. The van der Waals surface area contributed by atoms with E-state index in [4.69, 9.17) is 10.5 Å². The Morgan fingerprint density at radius 3 is 2.67 bits per heavy atom. The first-order valence-electron chi connectivity index (χ1n) is 6.09. The Bertz CT molecular complexity index is 371. The van der Waals surface area contributed by atoms with Crippen molar-refractivity contribution in [3.8, 4) is 0 Å². The average Bonchev–Trinajstić information content (AvgIpc) is 2.83. The summed E-state index contributed by atoms with van der Waals surface area (Å²) in [6.07, 6.45) is 0.950. The number of nitrogens with one attached hydrogen (secondary N) is 2. The Morgan fingerprint density at radius 2 is 2.11 bits per heavy atom. The van der Waals surface area contributed by atoms with Crippen LogP contribution in [0.2, 0.25) is 0 Å². The van der Waals surface area contributed by atoms with E-state index in [1.54, 1.807) is 6.92 Å². The lowest BCUT2D eigenvalue weighted by molar-refractivity contribution is -0.131. The summed E-state index contributed by atoms with van der Waals surface area (Å²) in [5, 5.41) is 2.63. The molecule has 1 heterocycles. The van der Waals surface area contributed by atoms with Crippen LogP contribution in [0.5, 0.6) is 0 Å². The number of carbonyl (C=O) groups is 1. The highest BCUT2D eigenvalue weighted by atomic mass is 32.2. The zero-order valence-corrected chi connectivity index (χ0v) is 11.3. The molecule has 1 fully saturated rings. The highest BCUT2D eigenvalue weighted by Crippen LogP contribution is 2.18. The van der Waals surface area contributed by atoms with Crippen LogP contribution in [0.3, 0.4) is 0 Å². The van der Waals surface area contributed by atoms with Gasteiger partial charge in [0.1, 0.15) is 6.10 Å². The fourth-order valence-electron chi connectivity index (χ4n) is 1.68. The lowest BCUT2D eigenvalue weighted by Crippen LogP contribution is -2.40. The van der Waals surface area contributed by atoms with Gasteiger partial charge in [-0.15, -0.1) is 0 Å². The third kappa shape index (κ3) is 4.89. The minimum absolute atomic E-state index is 0.0326. The van der Waals surface area contributed by atoms with Gasteiger partial charge in [-0.05, 0) is 19.8 Å². The second kappa shape index (κ2) is 7.03. The van der Waals surface area contributed by atoms with Crippen LogP contribution in [0.25, 0.3) is 0 Å². The highest BCUT2D eigenvalue weighted by Gasteiger charge is 2.29. The summed E-state index contributed by atoms with van der Waals surface area (Å²) in [6, 6.07) is 0. The van der Waals surface area contributed by atoms with Crippen LogP contribution in [0, 0.1) is 0 Å². The minimum atomic E-state index is -3.20. The average molecular weight is 279 g/mol. The van der Waals surface area contributed by atoms with Crippen molar-refractivity contribution in [3.63, 3.8) is 0 Å². The van der Waals surface area contributed by atoms with E-state index >= 15 is 0 Å². The molecule has 0 aromatic rings. The molecule has 0 bridgehead atoms. The summed E-state index contributed by atoms with van der Waals surface area (Å²) >= 11 is 0. The summed E-state index contributed by atoms with van der Waals surface area (Å²) in [7, 11) is -3.20. The fourth-order valence-corrected chi connectivity index (χ4v) is 2.30. The molecule has 0 aliphatic carbocycles. The van der Waals surface area contributed by atoms with Crippen molar-refractivity contribution in [1.29, 1.82) is 0 Å². The predicted molar refractivity (Wildman–Crippen MR) is 67.4 cm³/mol. The van der Waals surface area contributed by atoms with Gasteiger partial charge in [-0.1, -0.05) is 0 Å². The van der Waals surface area contributed by atoms with E-state index in [9.17, 15) is 13.2 Å². The second-order valence-corrected chi connectivity index (χ2v) is 6.24. The normalized spacial score (nSPS) is 24.1. The molecule has 18 heavy (non-hydrogen) atoms. The maximum atomic E-state index is 11.6. The third-order valence-corrected chi connectivity index (χ3v) is 4.19. The topological polar surface area (TPSA) is 111 Å². The lowest BCUT2D eigenvalue weighted by Gasteiger charge is -2.12. The molecule has 7 nitrogen and oxygen atoms in total. The standard InChI is InChI=1S/C10H21N3O4S/c1-2-18(15,16)13-6-5-12-10(14)9-4-3-8(7-11)17-9/h8-9,13H,2-7,11H2,1H3,(H,12,14)/t8-,9+/m1/s1. The largest absolute Gasteiger partial charge is 0.364 e. The first-order chi connectivity index (χ1) is 8.48. The molecule has 1 amide bonds. The molecule has 1 aliphatic heterocycles. The van der Waals surface area contributed by atoms with E-state index < -0.39 is 16.1 Å². The summed E-state index contributed by atoms with van der Waals surface area (Å²) in [5.41, 5.74) is 5.45. The van der Waals surface area contributed by atoms with Crippen molar-refractivity contribution in [2.24, 2.45) is 5.73 Å². The van der Waals surface area contributed by atoms with Crippen LogP contribution in [-0.4, -0.2) is 51.9 Å². The number of amides is 1. The first-order valence-corrected chi connectivity index (χ1v) is 7.74. The zero-order valence-electron chi connectivity index (χ0n) is 10.5. The van der Waals surface area contributed by atoms with Crippen molar-refractivity contribution in [2.75, 3.05) is 25.4 Å². The number of hydrogen-bond acceptors (Lipinski definition) is 5. The van der Waals surface area contributed by atoms with Crippen LogP contribution in [0.1, 0.15) is 19.8 Å². The molecular formula is C10H21N3O4S. The molecular weight excluding hydrogens is 258 g/mol. The van der Waals surface area contributed by atoms with E-state index in [2.05, 4.69) is 10.0 Å². The second-order valence-electron chi connectivity index (χ2n) is 4.15. The van der Waals surface area contributed by atoms with Crippen LogP contribution in [-0.2, 0) is 19.6 Å². The van der Waals surface area contributed by atoms with Crippen molar-refractivity contribution >= 4 is 15.9 Å². The van der Waals surface area contributed by atoms with Crippen LogP contribution >= 0.6 is 0 Å². The van der Waals surface area contributed by atoms with Gasteiger partial charge in [-0.25, -0.2) is 13.1 Å². The quantitative estimate of drug-likeness (QED) is 0.494. The molecule has 106 valence electrons. The molecule has 1 rings (SSSR count). The summed E-state index contributed by atoms with van der Waals surface area (Å²) in [6.45, 7) is 2.42. The number of rotatable bonds is 7. The monoisotopic (exact) mass is 279 g/mol. The van der Waals surface area contributed by atoms with Crippen LogP contribution < -0.4 is 15.8 Å². The molecule has 2 atom stereocenters. The molecule has 8 heteroatoms. The number of hydrogen-bond donors (Lipinski definition) is 3. The number of nitrogens with two attached hydrogens (primary N) is 1. The first kappa shape index (κ1) is 15.4. The Kier molecular flexibility index (Phi) is 6.00. The van der Waals surface area contributed by atoms with E-state index in [1.165, 1.54) is 0 Å². The van der Waals surface area contributed by atoms with Crippen molar-refractivity contribution in [2.45, 2.75) is 32.0 Å². The molecule has 1 saturated heterocycles. The van der Waals surface area contributed by atoms with E-state index in [0.717, 1.165) is 6.42 Å². The minimum Gasteiger partial charge on any atom is -0.364 e. The molecule has 0 aromatic heterocycles. The SMILES string of the molecule is CCS(=O)(=O)NCCNC(=O)[C@@H]1CC[C@H](CN)O1. The molecule has 0 spiro atoms. The third-order valence-electron chi connectivity index (χ3n) is 2.79. The van der Waals surface area contributed by atoms with Crippen molar-refractivity contribution < 1.29 is 17.9 Å². The van der Waals surface area contributed by atoms with Gasteiger partial charge in [0.2, 0.25) is 15.9 Å². The van der Waals surface area contributed by atoms with Gasteiger partial charge in [0, 0.05) is 19.6 Å². The van der Waals surface area contributed by atoms with E-state index in [0.29, 0.717) is 13.0 Å². The van der Waals surface area contributed by atoms with Gasteiger partial charge in [-0.3, -0.25) is 4.79 Å². The fraction of sp³-hybridized carbons (Fsp3) is 0.900. The molecule has 0 unspecified atom stereocenters. The molecule has 0 radical (unpaired) electrons. The smallest absolute Gasteiger partial charge is 0.249 e. The summed E-state index contributed by atoms with van der Waals surface area (Å²) in [4.78, 5) is 11.6. The summed E-state index contributed by atoms with van der Waals surface area (Å²) in [5.74, 6) is -0.174. The Morgan fingerprint density at radius 1 is 1.39 bits per heavy atom. The van der Waals surface area contributed by atoms with E-state index in [1.807, 2.05) is 0 Å². The number of sulfonamides is 1. The highest BCUT2D eigenvalue weighted by molar-refractivity contribution is 7.89. The molecule has 1 aliphatic rings. The maximum Gasteiger partial charge on any atom is 0.249 e. The van der Waals surface area contributed by atoms with Crippen molar-refractivity contribution in [1.82, 2.24) is 10.0 Å². The van der Waals surface area contributed by atoms with Gasteiger partial charge in [0.15, 0.2) is 0 Å². The zero-order chi connectivity index (χ0) is 13.6. The molecule has 4 N–H and O–H groups in total. The van der Waals surface area contributed by atoms with Crippen molar-refractivity contribution in [3.05, 3.63) is 0 Å². The summed E-state index contributed by atoms with van der Waals surface area (Å²) < 4.78 is 30.0. The lowest BCUT2D eigenvalue weighted by atomic mass is 10.2. The van der Waals surface area contributed by atoms with Gasteiger partial charge in [0.05, 0.1) is 11.9 Å². The maximum absolute atomic E-state index is 11.6. The Balaban J connectivity index is 2.18. The Hall–Kier alpha value is -0.700. The predicted octanol–water partition coefficient (Wildman–Crippen LogP) is -1.45. The van der Waals surface area contributed by atoms with Gasteiger partial charge in [0.25, 0.3) is 0 Å². The number of ether oxygens (including phenoxy) is 1. The Labute approximate surface area is 107 Å². The van der Waals surface area contributed by atoms with Gasteiger partial charge >= 0.3 is 0 Å².